The van der Waals surface area contributed by atoms with Crippen LogP contribution in [0.3, 0.4) is 0 Å². The maximum Gasteiger partial charge on any atom is -0.0313 e. The Morgan fingerprint density at radius 3 is 1.19 bits per heavy atom. The summed E-state index contributed by atoms with van der Waals surface area (Å²) in [5.74, 6) is 0.801. The van der Waals surface area contributed by atoms with Crippen molar-refractivity contribution in [3.8, 4) is 0 Å². The lowest BCUT2D eigenvalue weighted by Crippen LogP contribution is -2.30. The van der Waals surface area contributed by atoms with Gasteiger partial charge in [0.1, 0.15) is 0 Å². The third kappa shape index (κ3) is 8.19. The summed E-state index contributed by atoms with van der Waals surface area (Å²) >= 11 is 0. The molecule has 0 aliphatic carbocycles. The Balaban J connectivity index is 4.75. The van der Waals surface area contributed by atoms with E-state index in [2.05, 4.69) is 62.3 Å². The highest BCUT2D eigenvalue weighted by molar-refractivity contribution is 4.85. The smallest absolute Gasteiger partial charge is 0.0313 e. The minimum absolute atomic E-state index is 0.439. The van der Waals surface area contributed by atoms with Crippen LogP contribution >= 0.6 is 0 Å². The molecule has 0 fully saturated rings. The van der Waals surface area contributed by atoms with Gasteiger partial charge in [-0.3, -0.25) is 0 Å². The standard InChI is InChI=1S/C16H34/c1-13(2)10-16(9,11-14(3,4)5)12-15(6,7)8/h13H,10-12H2,1-9H3. The second kappa shape index (κ2) is 5.10. The fourth-order valence-electron chi connectivity index (χ4n) is 3.75. The molecule has 0 rings (SSSR count). The quantitative estimate of drug-likeness (QED) is 0.559. The average molecular weight is 226 g/mol. The molecule has 0 aliphatic rings. The maximum atomic E-state index is 2.49. The van der Waals surface area contributed by atoms with Crippen LogP contribution in [0.2, 0.25) is 0 Å². The third-order valence-corrected chi connectivity index (χ3v) is 2.82. The topological polar surface area (TPSA) is 0 Å². The van der Waals surface area contributed by atoms with Gasteiger partial charge in [0.05, 0.1) is 0 Å². The lowest BCUT2D eigenvalue weighted by molar-refractivity contribution is 0.0995. The van der Waals surface area contributed by atoms with Gasteiger partial charge in [-0.1, -0.05) is 62.3 Å². The van der Waals surface area contributed by atoms with E-state index in [1.54, 1.807) is 0 Å². The van der Waals surface area contributed by atoms with Crippen LogP contribution in [0.1, 0.15) is 81.6 Å². The Labute approximate surface area is 104 Å². The highest BCUT2D eigenvalue weighted by atomic mass is 14.4. The fourth-order valence-corrected chi connectivity index (χ4v) is 3.75. The molecule has 0 radical (unpaired) electrons. The Morgan fingerprint density at radius 2 is 1.00 bits per heavy atom. The van der Waals surface area contributed by atoms with Crippen molar-refractivity contribution < 1.29 is 0 Å². The maximum absolute atomic E-state index is 2.49. The molecule has 0 heteroatoms. The predicted octanol–water partition coefficient (Wildman–Crippen LogP) is 5.91. The molecule has 0 saturated carbocycles. The van der Waals surface area contributed by atoms with Crippen LogP contribution in [0.15, 0.2) is 0 Å². The second-order valence-corrected chi connectivity index (χ2v) is 8.88. The summed E-state index contributed by atoms with van der Waals surface area (Å²) in [6.45, 7) is 21.4. The monoisotopic (exact) mass is 226 g/mol. The van der Waals surface area contributed by atoms with Gasteiger partial charge < -0.3 is 0 Å². The summed E-state index contributed by atoms with van der Waals surface area (Å²) in [5.41, 5.74) is 1.37. The van der Waals surface area contributed by atoms with Crippen molar-refractivity contribution in [3.63, 3.8) is 0 Å². The molecule has 0 spiro atoms. The number of hydrogen-bond donors (Lipinski definition) is 0. The average Bonchev–Trinajstić information content (AvgIpc) is 1.69. The van der Waals surface area contributed by atoms with Crippen molar-refractivity contribution >= 4 is 0 Å². The van der Waals surface area contributed by atoms with Gasteiger partial charge in [0.2, 0.25) is 0 Å². The third-order valence-electron chi connectivity index (χ3n) is 2.82. The molecular weight excluding hydrogens is 192 g/mol. The molecule has 98 valence electrons. The minimum atomic E-state index is 0.439. The first-order valence-electron chi connectivity index (χ1n) is 6.83. The molecule has 0 amide bonds. The van der Waals surface area contributed by atoms with E-state index in [0.29, 0.717) is 16.2 Å². The molecule has 0 aromatic heterocycles. The van der Waals surface area contributed by atoms with Gasteiger partial charge in [-0.15, -0.1) is 0 Å². The minimum Gasteiger partial charge on any atom is -0.0628 e. The van der Waals surface area contributed by atoms with Crippen molar-refractivity contribution in [1.82, 2.24) is 0 Å². The molecular formula is C16H34. The number of rotatable bonds is 4. The summed E-state index contributed by atoms with van der Waals surface area (Å²) < 4.78 is 0. The highest BCUT2D eigenvalue weighted by Gasteiger charge is 2.34. The molecule has 0 saturated heterocycles. The van der Waals surface area contributed by atoms with Crippen LogP contribution in [0, 0.1) is 22.2 Å². The molecule has 0 heterocycles. The van der Waals surface area contributed by atoms with Gasteiger partial charge in [0.25, 0.3) is 0 Å². The molecule has 0 nitrogen and oxygen atoms in total. The molecule has 0 aromatic rings. The summed E-state index contributed by atoms with van der Waals surface area (Å²) in [5, 5.41) is 0. The van der Waals surface area contributed by atoms with Crippen LogP contribution < -0.4 is 0 Å². The van der Waals surface area contributed by atoms with Gasteiger partial charge in [0, 0.05) is 0 Å². The van der Waals surface area contributed by atoms with Crippen molar-refractivity contribution in [3.05, 3.63) is 0 Å². The Hall–Kier alpha value is 0. The SMILES string of the molecule is CC(C)CC(C)(CC(C)(C)C)CC(C)(C)C. The second-order valence-electron chi connectivity index (χ2n) is 8.88. The zero-order chi connectivity index (χ0) is 13.2. The first-order chi connectivity index (χ1) is 6.83. The Morgan fingerprint density at radius 1 is 0.688 bits per heavy atom. The summed E-state index contributed by atoms with van der Waals surface area (Å²) in [6, 6.07) is 0. The first-order valence-corrected chi connectivity index (χ1v) is 6.83. The van der Waals surface area contributed by atoms with Crippen LogP contribution in [0.5, 0.6) is 0 Å². The number of hydrogen-bond acceptors (Lipinski definition) is 0. The van der Waals surface area contributed by atoms with E-state index in [9.17, 15) is 0 Å². The van der Waals surface area contributed by atoms with Crippen LogP contribution in [0.25, 0.3) is 0 Å². The van der Waals surface area contributed by atoms with E-state index < -0.39 is 0 Å². The van der Waals surface area contributed by atoms with Crippen molar-refractivity contribution in [2.24, 2.45) is 22.2 Å². The zero-order valence-electron chi connectivity index (χ0n) is 13.2. The highest BCUT2D eigenvalue weighted by Crippen LogP contribution is 2.45. The molecule has 0 N–H and O–H groups in total. The Bertz CT molecular complexity index is 181. The molecule has 0 unspecified atom stereocenters. The lowest BCUT2D eigenvalue weighted by atomic mass is 9.64. The molecule has 0 aromatic carbocycles. The summed E-state index contributed by atoms with van der Waals surface area (Å²) in [6.07, 6.45) is 4.01. The summed E-state index contributed by atoms with van der Waals surface area (Å²) in [7, 11) is 0. The lowest BCUT2D eigenvalue weighted by Gasteiger charge is -2.41. The van der Waals surface area contributed by atoms with E-state index in [-0.39, 0.29) is 0 Å². The van der Waals surface area contributed by atoms with Crippen LogP contribution in [-0.2, 0) is 0 Å². The zero-order valence-corrected chi connectivity index (χ0v) is 13.2. The van der Waals surface area contributed by atoms with Gasteiger partial charge >= 0.3 is 0 Å². The molecule has 16 heavy (non-hydrogen) atoms. The predicted molar refractivity (Wildman–Crippen MR) is 75.7 cm³/mol. The van der Waals surface area contributed by atoms with E-state index in [0.717, 1.165) is 5.92 Å². The largest absolute Gasteiger partial charge is 0.0628 e. The van der Waals surface area contributed by atoms with Crippen molar-refractivity contribution in [2.75, 3.05) is 0 Å². The fraction of sp³-hybridized carbons (Fsp3) is 1.00. The van der Waals surface area contributed by atoms with Crippen molar-refractivity contribution in [2.45, 2.75) is 81.6 Å². The van der Waals surface area contributed by atoms with E-state index >= 15 is 0 Å². The van der Waals surface area contributed by atoms with Gasteiger partial charge in [-0.25, -0.2) is 0 Å². The Kier molecular flexibility index (Phi) is 5.10. The molecule has 0 atom stereocenters. The first kappa shape index (κ1) is 16.0. The molecule has 0 aliphatic heterocycles. The molecule has 0 bridgehead atoms. The van der Waals surface area contributed by atoms with Gasteiger partial charge in [0.15, 0.2) is 0 Å². The van der Waals surface area contributed by atoms with Crippen molar-refractivity contribution in [1.29, 1.82) is 0 Å². The summed E-state index contributed by atoms with van der Waals surface area (Å²) in [4.78, 5) is 0. The van der Waals surface area contributed by atoms with Crippen LogP contribution in [-0.4, -0.2) is 0 Å². The normalized spacial score (nSPS) is 14.6. The van der Waals surface area contributed by atoms with Gasteiger partial charge in [-0.2, -0.15) is 0 Å². The van der Waals surface area contributed by atoms with Crippen LogP contribution in [0.4, 0.5) is 0 Å². The van der Waals surface area contributed by atoms with E-state index in [1.165, 1.54) is 19.3 Å². The van der Waals surface area contributed by atoms with E-state index in [1.807, 2.05) is 0 Å². The van der Waals surface area contributed by atoms with Gasteiger partial charge in [-0.05, 0) is 41.4 Å². The van der Waals surface area contributed by atoms with E-state index in [4.69, 9.17) is 0 Å².